The fourth-order valence-electron chi connectivity index (χ4n) is 8.72. The lowest BCUT2D eigenvalue weighted by Crippen LogP contribution is -2.29. The highest BCUT2D eigenvalue weighted by molar-refractivity contribution is 7.47. The Labute approximate surface area is 455 Å². The molecule has 2 heterocycles. The number of unbranched alkanes of at least 4 members (excludes halogenated alkanes) is 22. The third-order valence-corrected chi connectivity index (χ3v) is 14.2. The average molecular weight is 1080 g/mol. The van der Waals surface area contributed by atoms with Gasteiger partial charge < -0.3 is 29.6 Å². The van der Waals surface area contributed by atoms with Crippen LogP contribution in [0.1, 0.15) is 228 Å². The van der Waals surface area contributed by atoms with Gasteiger partial charge in [-0.15, -0.1) is 0 Å². The van der Waals surface area contributed by atoms with E-state index in [0.29, 0.717) is 36.4 Å². The summed E-state index contributed by atoms with van der Waals surface area (Å²) in [5, 5.41) is 0. The molecule has 0 saturated heterocycles. The number of Topliss-reactive ketones (excluding diaryl/α,β-unsaturated/α-hetero) is 1. The van der Waals surface area contributed by atoms with Crippen molar-refractivity contribution in [1.29, 1.82) is 0 Å². The Kier molecular flexibility index (Phi) is 36.0. The number of carbonyl (C=O) groups is 4. The molecule has 1 unspecified atom stereocenters. The van der Waals surface area contributed by atoms with Crippen LogP contribution in [-0.2, 0) is 55.2 Å². The van der Waals surface area contributed by atoms with E-state index in [1.54, 1.807) is 31.4 Å². The van der Waals surface area contributed by atoms with Crippen LogP contribution >= 0.6 is 7.82 Å². The van der Waals surface area contributed by atoms with Gasteiger partial charge in [0.2, 0.25) is 5.91 Å². The summed E-state index contributed by atoms with van der Waals surface area (Å²) >= 11 is 0. The molecular formula is C59H95N4O12P. The Morgan fingerprint density at radius 3 is 1.74 bits per heavy atom. The molecule has 0 saturated carbocycles. The molecule has 0 fully saturated rings. The summed E-state index contributed by atoms with van der Waals surface area (Å²) in [5.41, 5.74) is 7.81. The third-order valence-electron chi connectivity index (χ3n) is 13.3. The SMILES string of the molecule is CCCCCCCC/C=C\CCCCCCCC(=O)O[C@H](COC(=O)CCCCCCC/C=C/CCCCCCCC)COP(=O)(O)OCCCC(=O)c1ccc(CN2C(=O)Cc3c(N)nc(OCCOC)nc32)cc1. The number of esters is 2. The Bertz CT molecular complexity index is 2030. The van der Waals surface area contributed by atoms with Gasteiger partial charge in [0.15, 0.2) is 11.9 Å². The lowest BCUT2D eigenvalue weighted by Gasteiger charge is -2.20. The summed E-state index contributed by atoms with van der Waals surface area (Å²) in [6.07, 6.45) is 38.2. The summed E-state index contributed by atoms with van der Waals surface area (Å²) in [6, 6.07) is 6.83. The maximum atomic E-state index is 13.1. The van der Waals surface area contributed by atoms with Gasteiger partial charge in [-0.05, 0) is 76.2 Å². The number of allylic oxidation sites excluding steroid dienone is 4. The lowest BCUT2D eigenvalue weighted by molar-refractivity contribution is -0.161. The first-order valence-corrected chi connectivity index (χ1v) is 30.4. The van der Waals surface area contributed by atoms with Crippen LogP contribution in [0.3, 0.4) is 0 Å². The number of ketones is 1. The van der Waals surface area contributed by atoms with E-state index >= 15 is 0 Å². The van der Waals surface area contributed by atoms with Crippen molar-refractivity contribution in [3.63, 3.8) is 0 Å². The van der Waals surface area contributed by atoms with Crippen molar-refractivity contribution >= 4 is 43.1 Å². The van der Waals surface area contributed by atoms with Crippen molar-refractivity contribution in [2.24, 2.45) is 0 Å². The minimum absolute atomic E-state index is 0.0165. The second-order valence-electron chi connectivity index (χ2n) is 20.0. The normalized spacial score (nSPS) is 13.6. The number of carbonyl (C=O) groups excluding carboxylic acids is 4. The number of hydrogen-bond acceptors (Lipinski definition) is 14. The number of nitrogens with zero attached hydrogens (tertiary/aromatic N) is 3. The van der Waals surface area contributed by atoms with E-state index in [2.05, 4.69) is 48.1 Å². The van der Waals surface area contributed by atoms with Gasteiger partial charge in [-0.2, -0.15) is 9.97 Å². The highest BCUT2D eigenvalue weighted by atomic mass is 31.2. The van der Waals surface area contributed by atoms with Crippen molar-refractivity contribution in [2.45, 2.75) is 226 Å². The van der Waals surface area contributed by atoms with E-state index in [4.69, 9.17) is 33.7 Å². The molecule has 3 rings (SSSR count). The molecule has 1 aromatic heterocycles. The molecule has 1 aliphatic rings. The molecule has 3 N–H and O–H groups in total. The lowest BCUT2D eigenvalue weighted by atomic mass is 10.0. The largest absolute Gasteiger partial charge is 0.472 e. The zero-order valence-electron chi connectivity index (χ0n) is 46.7. The maximum absolute atomic E-state index is 13.1. The number of ether oxygens (including phenoxy) is 4. The van der Waals surface area contributed by atoms with Gasteiger partial charge in [0.25, 0.3) is 0 Å². The smallest absolute Gasteiger partial charge is 0.462 e. The standard InChI is InChI=1S/C59H95N4O12P/c1-4-6-8-10-12-14-16-18-20-22-24-26-28-30-32-36-55(66)72-47-51(75-56(67)37-33-31-29-27-25-23-21-19-17-15-13-11-9-7-5-2)48-74-76(68,69)73-42-34-35-53(64)50-40-38-49(39-41-50)46-63-54(65)45-52-57(60)61-59(62-58(52)63)71-44-43-70-3/h18-21,38-41,51H,4-17,22-37,42-48H2,1-3H3,(H,68,69)(H2,60,61,62)/b20-18+,21-19-/t51-/m1/s1. The van der Waals surface area contributed by atoms with Gasteiger partial charge >= 0.3 is 25.8 Å². The Morgan fingerprint density at radius 2 is 1.18 bits per heavy atom. The van der Waals surface area contributed by atoms with Crippen molar-refractivity contribution in [2.75, 3.05) is 50.8 Å². The molecule has 76 heavy (non-hydrogen) atoms. The minimum atomic E-state index is -4.65. The van der Waals surface area contributed by atoms with Gasteiger partial charge in [-0.25, -0.2) is 4.57 Å². The number of nitrogens with two attached hydrogens (primary N) is 1. The van der Waals surface area contributed by atoms with Crippen molar-refractivity contribution in [3.8, 4) is 6.01 Å². The maximum Gasteiger partial charge on any atom is 0.472 e. The predicted molar refractivity (Wildman–Crippen MR) is 300 cm³/mol. The van der Waals surface area contributed by atoms with Crippen molar-refractivity contribution < 1.29 is 56.6 Å². The van der Waals surface area contributed by atoms with Crippen LogP contribution in [0, 0.1) is 0 Å². The first kappa shape index (κ1) is 65.8. The molecule has 2 atom stereocenters. The topological polar surface area (TPSA) is 216 Å². The molecule has 0 bridgehead atoms. The Hall–Kier alpha value is -4.47. The minimum Gasteiger partial charge on any atom is -0.462 e. The van der Waals surface area contributed by atoms with Crippen LogP contribution in [0.4, 0.5) is 11.6 Å². The first-order chi connectivity index (χ1) is 37.0. The molecule has 2 aromatic rings. The summed E-state index contributed by atoms with van der Waals surface area (Å²) in [6.45, 7) is 4.09. The second kappa shape index (κ2) is 41.6. The number of aromatic nitrogens is 2. The van der Waals surface area contributed by atoms with Gasteiger partial charge in [0.05, 0.1) is 32.8 Å². The number of nitrogen functional groups attached to an aromatic ring is 1. The quantitative estimate of drug-likeness (QED) is 0.0207. The number of benzene rings is 1. The van der Waals surface area contributed by atoms with Crippen molar-refractivity contribution in [3.05, 3.63) is 65.3 Å². The van der Waals surface area contributed by atoms with Crippen LogP contribution in [-0.4, -0.2) is 84.7 Å². The predicted octanol–water partition coefficient (Wildman–Crippen LogP) is 13.8. The van der Waals surface area contributed by atoms with E-state index in [0.717, 1.165) is 82.6 Å². The zero-order valence-corrected chi connectivity index (χ0v) is 47.6. The van der Waals surface area contributed by atoms with E-state index < -0.39 is 32.5 Å². The van der Waals surface area contributed by atoms with Crippen LogP contribution in [0.25, 0.3) is 0 Å². The fraction of sp³-hybridized carbons (Fsp3) is 0.695. The van der Waals surface area contributed by atoms with Gasteiger partial charge in [-0.3, -0.25) is 33.1 Å². The number of rotatable bonds is 48. The van der Waals surface area contributed by atoms with Crippen LogP contribution < -0.4 is 15.4 Å². The van der Waals surface area contributed by atoms with E-state index in [1.165, 1.54) is 81.9 Å². The van der Waals surface area contributed by atoms with Crippen LogP contribution in [0.5, 0.6) is 6.01 Å². The van der Waals surface area contributed by atoms with E-state index in [-0.39, 0.29) is 82.0 Å². The summed E-state index contributed by atoms with van der Waals surface area (Å²) in [7, 11) is -3.10. The van der Waals surface area contributed by atoms with Crippen LogP contribution in [0.2, 0.25) is 0 Å². The molecule has 1 amide bonds. The average Bonchev–Trinajstić information content (AvgIpc) is 3.74. The van der Waals surface area contributed by atoms with E-state index in [1.807, 2.05) is 0 Å². The summed E-state index contributed by atoms with van der Waals surface area (Å²) in [4.78, 5) is 72.3. The van der Waals surface area contributed by atoms with Gasteiger partial charge in [-0.1, -0.05) is 165 Å². The molecule has 0 aliphatic carbocycles. The second-order valence-corrected chi connectivity index (χ2v) is 21.4. The van der Waals surface area contributed by atoms with Crippen LogP contribution in [0.15, 0.2) is 48.6 Å². The zero-order chi connectivity index (χ0) is 54.9. The Balaban J connectivity index is 1.40. The molecule has 1 aliphatic heterocycles. The Morgan fingerprint density at radius 1 is 0.658 bits per heavy atom. The summed E-state index contributed by atoms with van der Waals surface area (Å²) in [5.74, 6) is -0.814. The molecule has 0 radical (unpaired) electrons. The first-order valence-electron chi connectivity index (χ1n) is 28.9. The number of hydrogen-bond donors (Lipinski definition) is 2. The fourth-order valence-corrected chi connectivity index (χ4v) is 9.51. The molecule has 17 heteroatoms. The van der Waals surface area contributed by atoms with Gasteiger partial charge in [0, 0.05) is 37.5 Å². The third kappa shape index (κ3) is 30.5. The number of phosphoric acid groups is 1. The number of phosphoric ester groups is 1. The van der Waals surface area contributed by atoms with Crippen molar-refractivity contribution in [1.82, 2.24) is 9.97 Å². The number of methoxy groups -OCH3 is 1. The molecule has 0 spiro atoms. The monoisotopic (exact) mass is 1080 g/mol. The van der Waals surface area contributed by atoms with E-state index in [9.17, 15) is 28.6 Å². The number of fused-ring (bicyclic) bond motifs is 1. The molecule has 1 aromatic carbocycles. The summed E-state index contributed by atoms with van der Waals surface area (Å²) < 4.78 is 45.0. The highest BCUT2D eigenvalue weighted by Gasteiger charge is 2.32. The van der Waals surface area contributed by atoms with Gasteiger partial charge in [0.1, 0.15) is 24.8 Å². The molecule has 16 nitrogen and oxygen atoms in total. The number of anilines is 2. The molecular weight excluding hydrogens is 988 g/mol. The highest BCUT2D eigenvalue weighted by Crippen LogP contribution is 2.43. The molecule has 428 valence electrons. The number of amides is 1.